The van der Waals surface area contributed by atoms with E-state index < -0.39 is 5.41 Å². The summed E-state index contributed by atoms with van der Waals surface area (Å²) in [6, 6.07) is 24.7. The summed E-state index contributed by atoms with van der Waals surface area (Å²) in [6.07, 6.45) is 4.35. The van der Waals surface area contributed by atoms with Crippen LogP contribution in [-0.4, -0.2) is 50.0 Å². The Balaban J connectivity index is 1.31. The maximum atomic E-state index is 13.8. The number of aliphatic imine (C=N–C) groups is 1. The molecule has 2 N–H and O–H groups in total. The average molecular weight is 567 g/mol. The van der Waals surface area contributed by atoms with Gasteiger partial charge in [-0.3, -0.25) is 9.79 Å². The molecule has 1 saturated heterocycles. The van der Waals surface area contributed by atoms with Crippen molar-refractivity contribution in [3.63, 3.8) is 0 Å². The molecule has 0 bridgehead atoms. The normalized spacial score (nSPS) is 16.5. The van der Waals surface area contributed by atoms with Crippen molar-refractivity contribution in [3.8, 4) is 11.5 Å². The number of nitrogens with zero attached hydrogens (tertiary/aromatic N) is 2. The van der Waals surface area contributed by atoms with E-state index >= 15 is 0 Å². The number of carbonyl (C=O) groups excluding carboxylic acids is 1. The van der Waals surface area contributed by atoms with Crippen LogP contribution in [0.1, 0.15) is 47.9 Å². The minimum atomic E-state index is -0.488. The number of hydrogen-bond acceptors (Lipinski definition) is 5. The standard InChI is InChI=1S/C35H42N4O3/c1-25-21-31(41-3)32(42-4)22-30(25)33(38-29-15-16-29)37-26(2)39-19-17-35(18-20-39,23-27-11-7-5-8-12-27)34(40)36-24-28-13-9-6-10-14-28/h5-14,21-22,29H,2,15-20,23-24H2,1,3-4H3,(H,36,40)(H,37,38). The number of amidine groups is 1. The van der Waals surface area contributed by atoms with E-state index in [9.17, 15) is 4.79 Å². The number of hydrogen-bond donors (Lipinski definition) is 2. The lowest BCUT2D eigenvalue weighted by molar-refractivity contribution is -0.133. The van der Waals surface area contributed by atoms with Crippen LogP contribution in [-0.2, 0) is 17.8 Å². The Hall–Kier alpha value is -4.26. The molecule has 0 radical (unpaired) electrons. The molecule has 2 aliphatic rings. The van der Waals surface area contributed by atoms with Crippen LogP contribution in [0, 0.1) is 12.3 Å². The topological polar surface area (TPSA) is 75.2 Å². The molecule has 0 unspecified atom stereocenters. The van der Waals surface area contributed by atoms with E-state index in [4.69, 9.17) is 14.5 Å². The Morgan fingerprint density at radius 3 is 2.14 bits per heavy atom. The van der Waals surface area contributed by atoms with Crippen LogP contribution in [0.15, 0.2) is 90.2 Å². The fourth-order valence-corrected chi connectivity index (χ4v) is 5.65. The van der Waals surface area contributed by atoms with E-state index in [1.54, 1.807) is 14.2 Å². The molecule has 1 aliphatic heterocycles. The van der Waals surface area contributed by atoms with Crippen LogP contribution < -0.4 is 20.1 Å². The highest BCUT2D eigenvalue weighted by Gasteiger charge is 2.41. The summed E-state index contributed by atoms with van der Waals surface area (Å²) >= 11 is 0. The summed E-state index contributed by atoms with van der Waals surface area (Å²) in [6.45, 7) is 8.43. The second-order valence-corrected chi connectivity index (χ2v) is 11.4. The maximum absolute atomic E-state index is 13.8. The minimum absolute atomic E-state index is 0.116. The van der Waals surface area contributed by atoms with Gasteiger partial charge in [0, 0.05) is 25.2 Å². The lowest BCUT2D eigenvalue weighted by Crippen LogP contribution is -2.51. The van der Waals surface area contributed by atoms with Crippen LogP contribution >= 0.6 is 0 Å². The second-order valence-electron chi connectivity index (χ2n) is 11.4. The minimum Gasteiger partial charge on any atom is -0.493 e. The van der Waals surface area contributed by atoms with Crippen LogP contribution in [0.25, 0.3) is 0 Å². The van der Waals surface area contributed by atoms with Crippen LogP contribution in [0.3, 0.4) is 0 Å². The number of aryl methyl sites for hydroxylation is 1. The van der Waals surface area contributed by atoms with Gasteiger partial charge in [0.15, 0.2) is 11.5 Å². The molecule has 0 atom stereocenters. The van der Waals surface area contributed by atoms with Crippen molar-refractivity contribution in [3.05, 3.63) is 107 Å². The Bertz CT molecular complexity index is 1410. The van der Waals surface area contributed by atoms with E-state index in [1.165, 1.54) is 5.56 Å². The van der Waals surface area contributed by atoms with Gasteiger partial charge in [-0.1, -0.05) is 67.2 Å². The molecule has 0 spiro atoms. The van der Waals surface area contributed by atoms with Crippen molar-refractivity contribution in [2.24, 2.45) is 10.4 Å². The number of piperidine rings is 1. The molecule has 0 aromatic heterocycles. The Morgan fingerprint density at radius 2 is 1.55 bits per heavy atom. The summed E-state index contributed by atoms with van der Waals surface area (Å²) < 4.78 is 11.1. The third kappa shape index (κ3) is 6.96. The van der Waals surface area contributed by atoms with Crippen molar-refractivity contribution in [2.75, 3.05) is 27.3 Å². The maximum Gasteiger partial charge on any atom is 0.226 e. The smallest absolute Gasteiger partial charge is 0.226 e. The zero-order chi connectivity index (χ0) is 29.5. The number of carbonyl (C=O) groups is 1. The monoisotopic (exact) mass is 566 g/mol. The number of amides is 1. The molecule has 1 amide bonds. The van der Waals surface area contributed by atoms with Gasteiger partial charge in [-0.25, -0.2) is 0 Å². The molecule has 3 aromatic rings. The van der Waals surface area contributed by atoms with Gasteiger partial charge < -0.3 is 25.0 Å². The molecule has 7 nitrogen and oxygen atoms in total. The van der Waals surface area contributed by atoms with Gasteiger partial charge in [0.05, 0.1) is 31.5 Å². The number of likely N-dealkylation sites (tertiary alicyclic amines) is 1. The van der Waals surface area contributed by atoms with Gasteiger partial charge >= 0.3 is 0 Å². The molecular weight excluding hydrogens is 524 g/mol. The third-order valence-corrected chi connectivity index (χ3v) is 8.37. The second kappa shape index (κ2) is 13.1. The van der Waals surface area contributed by atoms with E-state index in [0.29, 0.717) is 30.5 Å². The first-order chi connectivity index (χ1) is 20.4. The quantitative estimate of drug-likeness (QED) is 0.233. The summed E-state index contributed by atoms with van der Waals surface area (Å²) in [5.41, 5.74) is 3.81. The van der Waals surface area contributed by atoms with E-state index in [1.807, 2.05) is 60.7 Å². The predicted octanol–water partition coefficient (Wildman–Crippen LogP) is 5.62. The first-order valence-electron chi connectivity index (χ1n) is 14.8. The van der Waals surface area contributed by atoms with E-state index in [-0.39, 0.29) is 5.91 Å². The lowest BCUT2D eigenvalue weighted by atomic mass is 9.73. The van der Waals surface area contributed by atoms with Gasteiger partial charge in [0.25, 0.3) is 0 Å². The molecule has 7 heteroatoms. The number of nitrogens with one attached hydrogen (secondary N) is 2. The number of methoxy groups -OCH3 is 2. The fraction of sp³-hybridized carbons (Fsp3) is 0.371. The Kier molecular flexibility index (Phi) is 9.15. The lowest BCUT2D eigenvalue weighted by Gasteiger charge is -2.42. The van der Waals surface area contributed by atoms with Crippen molar-refractivity contribution in [1.82, 2.24) is 15.5 Å². The molecule has 3 aromatic carbocycles. The van der Waals surface area contributed by atoms with Crippen molar-refractivity contribution < 1.29 is 14.3 Å². The first-order valence-corrected chi connectivity index (χ1v) is 14.8. The molecule has 220 valence electrons. The van der Waals surface area contributed by atoms with Crippen molar-refractivity contribution in [1.29, 1.82) is 0 Å². The predicted molar refractivity (Wildman–Crippen MR) is 168 cm³/mol. The highest BCUT2D eigenvalue weighted by molar-refractivity contribution is 6.01. The summed E-state index contributed by atoms with van der Waals surface area (Å²) in [5.74, 6) is 3.06. The average Bonchev–Trinajstić information content (AvgIpc) is 3.84. The Labute approximate surface area is 249 Å². The van der Waals surface area contributed by atoms with Crippen molar-refractivity contribution in [2.45, 2.75) is 51.6 Å². The summed E-state index contributed by atoms with van der Waals surface area (Å²) in [7, 11) is 3.29. The molecule has 1 heterocycles. The zero-order valence-corrected chi connectivity index (χ0v) is 25.0. The fourth-order valence-electron chi connectivity index (χ4n) is 5.65. The summed E-state index contributed by atoms with van der Waals surface area (Å²) in [4.78, 5) is 21.1. The van der Waals surface area contributed by atoms with Gasteiger partial charge in [-0.05, 0) is 67.9 Å². The zero-order valence-electron chi connectivity index (χ0n) is 25.0. The Morgan fingerprint density at radius 1 is 0.952 bits per heavy atom. The molecule has 2 fully saturated rings. The largest absolute Gasteiger partial charge is 0.493 e. The molecular formula is C35H42N4O3. The van der Waals surface area contributed by atoms with Gasteiger partial charge in [0.1, 0.15) is 5.84 Å². The molecule has 42 heavy (non-hydrogen) atoms. The molecule has 5 rings (SSSR count). The van der Waals surface area contributed by atoms with Crippen LogP contribution in [0.5, 0.6) is 11.5 Å². The number of benzene rings is 3. The number of rotatable bonds is 11. The highest BCUT2D eigenvalue weighted by Crippen LogP contribution is 2.37. The van der Waals surface area contributed by atoms with Crippen LogP contribution in [0.4, 0.5) is 0 Å². The number of ether oxygens (including phenoxy) is 2. The van der Waals surface area contributed by atoms with Crippen LogP contribution in [0.2, 0.25) is 0 Å². The third-order valence-electron chi connectivity index (χ3n) is 8.37. The highest BCUT2D eigenvalue weighted by atomic mass is 16.5. The van der Waals surface area contributed by atoms with E-state index in [0.717, 1.165) is 67.1 Å². The van der Waals surface area contributed by atoms with Gasteiger partial charge in [-0.15, -0.1) is 0 Å². The van der Waals surface area contributed by atoms with Crippen molar-refractivity contribution >= 4 is 11.7 Å². The van der Waals surface area contributed by atoms with Gasteiger partial charge in [-0.2, -0.15) is 0 Å². The molecule has 1 aliphatic carbocycles. The summed E-state index contributed by atoms with van der Waals surface area (Å²) in [5, 5.41) is 6.79. The first kappa shape index (κ1) is 29.2. The van der Waals surface area contributed by atoms with E-state index in [2.05, 4.69) is 41.2 Å². The SMILES string of the molecule is C=C(NC(=NC1CC1)c1cc(OC)c(OC)cc1C)N1CCC(Cc2ccccc2)(C(=O)NCc2ccccc2)CC1. The molecule has 1 saturated carbocycles. The van der Waals surface area contributed by atoms with Gasteiger partial charge in [0.2, 0.25) is 5.91 Å².